The Balaban J connectivity index is 1.51. The van der Waals surface area contributed by atoms with Gasteiger partial charge in [0.15, 0.2) is 0 Å². The normalized spacial score (nSPS) is 22.2. The summed E-state index contributed by atoms with van der Waals surface area (Å²) in [5.74, 6) is 0.384. The lowest BCUT2D eigenvalue weighted by Gasteiger charge is -2.45. The molecule has 9 nitrogen and oxygen atoms in total. The molecule has 0 amide bonds. The van der Waals surface area contributed by atoms with Gasteiger partial charge in [-0.1, -0.05) is 91.0 Å². The molecule has 5 rings (SSSR count). The molecule has 0 bridgehead atoms. The van der Waals surface area contributed by atoms with Gasteiger partial charge in [-0.05, 0) is 28.8 Å². The predicted octanol–water partition coefficient (Wildman–Crippen LogP) is 5.75. The minimum absolute atomic E-state index is 0.0419. The van der Waals surface area contributed by atoms with Gasteiger partial charge in [-0.2, -0.15) is 0 Å². The first-order valence-electron chi connectivity index (χ1n) is 14.0. The first kappa shape index (κ1) is 30.3. The molecule has 1 heterocycles. The fraction of sp³-hybridized carbons (Fsp3) is 0.294. The highest BCUT2D eigenvalue weighted by atomic mass is 16.7. The van der Waals surface area contributed by atoms with Gasteiger partial charge >= 0.3 is 0 Å². The summed E-state index contributed by atoms with van der Waals surface area (Å²) in [6.45, 7) is 0.105. The van der Waals surface area contributed by atoms with Crippen molar-refractivity contribution in [2.75, 3.05) is 27.9 Å². The molecule has 0 aliphatic carbocycles. The van der Waals surface area contributed by atoms with E-state index in [4.69, 9.17) is 28.4 Å². The molecule has 0 aromatic heterocycles. The number of benzene rings is 4. The van der Waals surface area contributed by atoms with Crippen LogP contribution in [0, 0.1) is 10.1 Å². The molecule has 0 N–H and O–H groups in total. The number of hydrogen-bond donors (Lipinski definition) is 0. The number of nitro benzene ring substituents is 1. The summed E-state index contributed by atoms with van der Waals surface area (Å²) in [5.41, 5.74) is 1.84. The van der Waals surface area contributed by atoms with Crippen molar-refractivity contribution in [2.45, 2.75) is 36.3 Å². The van der Waals surface area contributed by atoms with Crippen LogP contribution in [-0.4, -0.2) is 63.6 Å². The molecular weight excluding hydrogens is 550 g/mol. The van der Waals surface area contributed by atoms with Crippen LogP contribution in [0.2, 0.25) is 0 Å². The second-order valence-electron chi connectivity index (χ2n) is 10.1. The Hall–Kier alpha value is -4.12. The van der Waals surface area contributed by atoms with Crippen LogP contribution in [0.1, 0.15) is 16.7 Å². The average Bonchev–Trinajstić information content (AvgIpc) is 3.06. The van der Waals surface area contributed by atoms with E-state index < -0.39 is 41.2 Å². The molecule has 224 valence electrons. The molecule has 43 heavy (non-hydrogen) atoms. The molecule has 0 unspecified atom stereocenters. The lowest BCUT2D eigenvalue weighted by Crippen LogP contribution is -2.62. The molecule has 1 aliphatic rings. The standard InChI is InChI=1S/C34H35NO8/c1-38-30-29(43-33(32(40-3)31(30)39-2)42-28-21-19-27(20-22-28)35(36)37)23-41-34(24-13-7-4-8-14-24,25-15-9-5-10-16-25)26-17-11-6-12-18-26/h4-22,29-33H,23H2,1-3H3/t29-,30+,31+,32-,33+/m1/s1. The van der Waals surface area contributed by atoms with Crippen molar-refractivity contribution in [1.29, 1.82) is 0 Å². The van der Waals surface area contributed by atoms with Crippen LogP contribution >= 0.6 is 0 Å². The molecule has 5 atom stereocenters. The van der Waals surface area contributed by atoms with E-state index in [1.807, 2.05) is 54.6 Å². The Morgan fingerprint density at radius 2 is 1.14 bits per heavy atom. The Morgan fingerprint density at radius 3 is 1.56 bits per heavy atom. The van der Waals surface area contributed by atoms with Gasteiger partial charge in [-0.3, -0.25) is 10.1 Å². The van der Waals surface area contributed by atoms with E-state index in [-0.39, 0.29) is 12.3 Å². The van der Waals surface area contributed by atoms with Crippen molar-refractivity contribution in [2.24, 2.45) is 0 Å². The van der Waals surface area contributed by atoms with Gasteiger partial charge in [-0.25, -0.2) is 0 Å². The third-order valence-corrected chi connectivity index (χ3v) is 7.71. The zero-order valence-corrected chi connectivity index (χ0v) is 24.3. The Morgan fingerprint density at radius 1 is 0.674 bits per heavy atom. The minimum atomic E-state index is -0.971. The maximum absolute atomic E-state index is 11.1. The van der Waals surface area contributed by atoms with E-state index in [0.29, 0.717) is 5.75 Å². The van der Waals surface area contributed by atoms with Crippen molar-refractivity contribution in [3.63, 3.8) is 0 Å². The summed E-state index contributed by atoms with van der Waals surface area (Å²) in [7, 11) is 4.72. The van der Waals surface area contributed by atoms with Crippen LogP contribution in [0.25, 0.3) is 0 Å². The zero-order valence-electron chi connectivity index (χ0n) is 24.3. The summed E-state index contributed by atoms with van der Waals surface area (Å²) < 4.78 is 37.3. The van der Waals surface area contributed by atoms with Gasteiger partial charge < -0.3 is 28.4 Å². The number of methoxy groups -OCH3 is 3. The van der Waals surface area contributed by atoms with Gasteiger partial charge in [0.1, 0.15) is 35.8 Å². The highest BCUT2D eigenvalue weighted by molar-refractivity contribution is 5.47. The molecule has 0 saturated carbocycles. The molecule has 0 spiro atoms. The predicted molar refractivity (Wildman–Crippen MR) is 160 cm³/mol. The Bertz CT molecular complexity index is 1340. The lowest BCUT2D eigenvalue weighted by molar-refractivity contribution is -0.384. The number of nitrogens with zero attached hydrogens (tertiary/aromatic N) is 1. The summed E-state index contributed by atoms with van der Waals surface area (Å²) in [6.07, 6.45) is -3.36. The first-order chi connectivity index (χ1) is 21.0. The van der Waals surface area contributed by atoms with Crippen LogP contribution in [0.3, 0.4) is 0 Å². The number of ether oxygens (including phenoxy) is 6. The molecule has 1 fully saturated rings. The van der Waals surface area contributed by atoms with Crippen molar-refractivity contribution >= 4 is 5.69 Å². The zero-order chi connectivity index (χ0) is 30.2. The number of hydrogen-bond acceptors (Lipinski definition) is 8. The van der Waals surface area contributed by atoms with E-state index >= 15 is 0 Å². The van der Waals surface area contributed by atoms with Crippen molar-refractivity contribution in [1.82, 2.24) is 0 Å². The number of non-ortho nitro benzene ring substituents is 1. The van der Waals surface area contributed by atoms with E-state index in [9.17, 15) is 10.1 Å². The summed E-state index contributed by atoms with van der Waals surface area (Å²) in [5, 5.41) is 11.1. The topological polar surface area (TPSA) is 98.5 Å². The minimum Gasteiger partial charge on any atom is -0.462 e. The van der Waals surface area contributed by atoms with Crippen LogP contribution < -0.4 is 4.74 Å². The van der Waals surface area contributed by atoms with E-state index in [0.717, 1.165) is 16.7 Å². The van der Waals surface area contributed by atoms with E-state index in [2.05, 4.69) is 36.4 Å². The van der Waals surface area contributed by atoms with Crippen LogP contribution in [-0.2, 0) is 29.3 Å². The van der Waals surface area contributed by atoms with Gasteiger partial charge in [-0.15, -0.1) is 0 Å². The highest BCUT2D eigenvalue weighted by Gasteiger charge is 2.49. The summed E-state index contributed by atoms with van der Waals surface area (Å²) >= 11 is 0. The average molecular weight is 586 g/mol. The third-order valence-electron chi connectivity index (χ3n) is 7.71. The molecule has 9 heteroatoms. The molecule has 4 aromatic carbocycles. The molecule has 0 radical (unpaired) electrons. The lowest BCUT2D eigenvalue weighted by atomic mass is 9.80. The number of nitro groups is 1. The molecule has 1 saturated heterocycles. The van der Waals surface area contributed by atoms with Crippen LogP contribution in [0.4, 0.5) is 5.69 Å². The highest BCUT2D eigenvalue weighted by Crippen LogP contribution is 2.41. The smallest absolute Gasteiger partial charge is 0.269 e. The first-order valence-corrected chi connectivity index (χ1v) is 14.0. The molecule has 1 aliphatic heterocycles. The summed E-state index contributed by atoms with van der Waals surface area (Å²) in [6, 6.07) is 36.0. The van der Waals surface area contributed by atoms with Gasteiger partial charge in [0.2, 0.25) is 6.29 Å². The van der Waals surface area contributed by atoms with Crippen molar-refractivity contribution in [3.8, 4) is 5.75 Å². The monoisotopic (exact) mass is 585 g/mol. The SMILES string of the molecule is CO[C@H]1[C@@H](OC)[C@@H](COC(c2ccccc2)(c2ccccc2)c2ccccc2)O[C@H](Oc2ccc([N+](=O)[O-])cc2)[C@@H]1OC. The quantitative estimate of drug-likeness (QED) is 0.118. The second kappa shape index (κ2) is 13.9. The van der Waals surface area contributed by atoms with E-state index in [1.165, 1.54) is 24.3 Å². The Kier molecular flexibility index (Phi) is 9.81. The van der Waals surface area contributed by atoms with Gasteiger partial charge in [0.25, 0.3) is 5.69 Å². The van der Waals surface area contributed by atoms with Gasteiger partial charge in [0.05, 0.1) is 11.5 Å². The van der Waals surface area contributed by atoms with Crippen molar-refractivity contribution in [3.05, 3.63) is 142 Å². The summed E-state index contributed by atoms with van der Waals surface area (Å²) in [4.78, 5) is 10.7. The Labute approximate surface area is 251 Å². The molecular formula is C34H35NO8. The van der Waals surface area contributed by atoms with Crippen LogP contribution in [0.15, 0.2) is 115 Å². The number of rotatable bonds is 12. The van der Waals surface area contributed by atoms with Crippen molar-refractivity contribution < 1.29 is 33.3 Å². The maximum atomic E-state index is 11.1. The third kappa shape index (κ3) is 6.31. The van der Waals surface area contributed by atoms with Crippen LogP contribution in [0.5, 0.6) is 5.75 Å². The van der Waals surface area contributed by atoms with E-state index in [1.54, 1.807) is 21.3 Å². The molecule has 4 aromatic rings. The fourth-order valence-corrected chi connectivity index (χ4v) is 5.67. The second-order valence-corrected chi connectivity index (χ2v) is 10.1. The maximum Gasteiger partial charge on any atom is 0.269 e. The fourth-order valence-electron chi connectivity index (χ4n) is 5.67. The largest absolute Gasteiger partial charge is 0.462 e. The van der Waals surface area contributed by atoms with Gasteiger partial charge in [0, 0.05) is 33.5 Å².